The number of benzene rings is 2. The van der Waals surface area contributed by atoms with Crippen LogP contribution in [0.4, 0.5) is 4.79 Å². The van der Waals surface area contributed by atoms with Gasteiger partial charge in [-0.1, -0.05) is 30.3 Å². The third-order valence-corrected chi connectivity index (χ3v) is 6.57. The summed E-state index contributed by atoms with van der Waals surface area (Å²) in [7, 11) is 1.19. The van der Waals surface area contributed by atoms with E-state index in [1.54, 1.807) is 18.3 Å². The Morgan fingerprint density at radius 1 is 0.905 bits per heavy atom. The molecule has 42 heavy (non-hydrogen) atoms. The summed E-state index contributed by atoms with van der Waals surface area (Å²) < 4.78 is 4.87. The fraction of sp³-hybridized carbons (Fsp3) is 0.345. The Hall–Kier alpha value is -5.07. The molecule has 5 amide bonds. The number of nitrogens with two attached hydrogens (primary N) is 1. The van der Waals surface area contributed by atoms with Crippen molar-refractivity contribution in [3.63, 3.8) is 0 Å². The van der Waals surface area contributed by atoms with Crippen LogP contribution in [-0.2, 0) is 36.8 Å². The van der Waals surface area contributed by atoms with Crippen molar-refractivity contribution in [2.24, 2.45) is 5.73 Å². The molecule has 2 aromatic carbocycles. The van der Waals surface area contributed by atoms with Crippen molar-refractivity contribution in [1.82, 2.24) is 26.3 Å². The van der Waals surface area contributed by atoms with E-state index in [0.717, 1.165) is 16.5 Å². The van der Waals surface area contributed by atoms with Crippen LogP contribution in [0.2, 0.25) is 0 Å². The van der Waals surface area contributed by atoms with Gasteiger partial charge < -0.3 is 41.8 Å². The maximum Gasteiger partial charge on any atom is 0.328 e. The van der Waals surface area contributed by atoms with Crippen LogP contribution >= 0.6 is 0 Å². The molecule has 13 heteroatoms. The number of amides is 5. The van der Waals surface area contributed by atoms with Gasteiger partial charge >= 0.3 is 12.0 Å². The molecule has 224 valence electrons. The minimum absolute atomic E-state index is 0.0473. The molecule has 1 heterocycles. The third kappa shape index (κ3) is 9.25. The van der Waals surface area contributed by atoms with Crippen molar-refractivity contribution >= 4 is 40.6 Å². The molecule has 0 spiro atoms. The summed E-state index contributed by atoms with van der Waals surface area (Å²) >= 11 is 0. The number of phenols is 1. The Morgan fingerprint density at radius 3 is 2.24 bits per heavy atom. The molecule has 3 atom stereocenters. The van der Waals surface area contributed by atoms with Crippen LogP contribution in [-0.4, -0.2) is 71.6 Å². The molecule has 3 aromatic rings. The lowest BCUT2D eigenvalue weighted by Crippen LogP contribution is -2.56. The van der Waals surface area contributed by atoms with Crippen molar-refractivity contribution in [1.29, 1.82) is 0 Å². The molecule has 0 radical (unpaired) electrons. The topological polar surface area (TPSA) is 205 Å². The second-order valence-electron chi connectivity index (χ2n) is 9.77. The SMILES string of the molecule is COC(=O)[C@H](Cc1ccc(O)cc1)NC(=O)[C@H](CCCNC(N)=O)NC(=O)[C@H](Cc1c[nH]c2ccccc12)NC(C)=O. The van der Waals surface area contributed by atoms with Crippen molar-refractivity contribution in [2.45, 2.75) is 50.7 Å². The fourth-order valence-corrected chi connectivity index (χ4v) is 4.51. The summed E-state index contributed by atoms with van der Waals surface area (Å²) in [6.45, 7) is 1.44. The van der Waals surface area contributed by atoms with Crippen LogP contribution in [0.3, 0.4) is 0 Å². The number of methoxy groups -OCH3 is 1. The predicted molar refractivity (Wildman–Crippen MR) is 154 cm³/mol. The Labute approximate surface area is 242 Å². The normalized spacial score (nSPS) is 12.9. The molecule has 0 aliphatic rings. The zero-order chi connectivity index (χ0) is 30.6. The first kappa shape index (κ1) is 31.5. The number of primary amides is 1. The number of carbonyl (C=O) groups is 5. The molecular formula is C29H36N6O7. The number of H-pyrrole nitrogens is 1. The van der Waals surface area contributed by atoms with E-state index in [2.05, 4.69) is 26.3 Å². The number of rotatable bonds is 14. The largest absolute Gasteiger partial charge is 0.508 e. The number of aromatic hydroxyl groups is 1. The molecule has 0 aliphatic carbocycles. The van der Waals surface area contributed by atoms with Crippen LogP contribution < -0.4 is 27.0 Å². The second-order valence-corrected chi connectivity index (χ2v) is 9.77. The molecule has 0 unspecified atom stereocenters. The summed E-state index contributed by atoms with van der Waals surface area (Å²) in [5.74, 6) is -2.35. The van der Waals surface area contributed by atoms with Gasteiger partial charge in [0.25, 0.3) is 0 Å². The molecule has 1 aromatic heterocycles. The number of urea groups is 1. The number of carbonyl (C=O) groups excluding carboxylic acids is 5. The highest BCUT2D eigenvalue weighted by atomic mass is 16.5. The highest BCUT2D eigenvalue weighted by Crippen LogP contribution is 2.19. The first-order chi connectivity index (χ1) is 20.1. The number of hydrogen-bond donors (Lipinski definition) is 7. The highest BCUT2D eigenvalue weighted by Gasteiger charge is 2.30. The number of nitrogens with one attached hydrogen (secondary N) is 5. The smallest absolute Gasteiger partial charge is 0.328 e. The molecule has 0 saturated heterocycles. The maximum absolute atomic E-state index is 13.5. The van der Waals surface area contributed by atoms with Crippen molar-refractivity contribution in [2.75, 3.05) is 13.7 Å². The van der Waals surface area contributed by atoms with Crippen molar-refractivity contribution < 1.29 is 33.8 Å². The van der Waals surface area contributed by atoms with E-state index in [9.17, 15) is 29.1 Å². The molecule has 13 nitrogen and oxygen atoms in total. The van der Waals surface area contributed by atoms with Crippen LogP contribution in [0.1, 0.15) is 30.9 Å². The quantitative estimate of drug-likeness (QED) is 0.108. The van der Waals surface area contributed by atoms with Gasteiger partial charge in [0.05, 0.1) is 7.11 Å². The van der Waals surface area contributed by atoms with Crippen molar-refractivity contribution in [3.8, 4) is 5.75 Å². The molecular weight excluding hydrogens is 544 g/mol. The summed E-state index contributed by atoms with van der Waals surface area (Å²) in [6, 6.07) is 9.69. The second kappa shape index (κ2) is 15.1. The Balaban J connectivity index is 1.79. The summed E-state index contributed by atoms with van der Waals surface area (Å²) in [6.07, 6.45) is 2.34. The lowest BCUT2D eigenvalue weighted by atomic mass is 10.0. The number of para-hydroxylation sites is 1. The van der Waals surface area contributed by atoms with Gasteiger partial charge in [0.15, 0.2) is 0 Å². The average molecular weight is 581 g/mol. The molecule has 0 saturated carbocycles. The van der Waals surface area contributed by atoms with Crippen LogP contribution in [0, 0.1) is 0 Å². The zero-order valence-corrected chi connectivity index (χ0v) is 23.4. The fourth-order valence-electron chi connectivity index (χ4n) is 4.51. The Morgan fingerprint density at radius 2 is 1.57 bits per heavy atom. The summed E-state index contributed by atoms with van der Waals surface area (Å²) in [5.41, 5.74) is 7.45. The van der Waals surface area contributed by atoms with Gasteiger partial charge in [0.1, 0.15) is 23.9 Å². The van der Waals surface area contributed by atoms with E-state index in [-0.39, 0.29) is 38.0 Å². The van der Waals surface area contributed by atoms with Gasteiger partial charge in [-0.15, -0.1) is 0 Å². The van der Waals surface area contributed by atoms with Crippen molar-refractivity contribution in [3.05, 3.63) is 65.9 Å². The predicted octanol–water partition coefficient (Wildman–Crippen LogP) is 0.755. The van der Waals surface area contributed by atoms with Crippen LogP contribution in [0.15, 0.2) is 54.7 Å². The molecule has 0 bridgehead atoms. The highest BCUT2D eigenvalue weighted by molar-refractivity contribution is 5.94. The van der Waals surface area contributed by atoms with Gasteiger partial charge in [-0.25, -0.2) is 9.59 Å². The molecule has 0 aliphatic heterocycles. The van der Waals surface area contributed by atoms with E-state index >= 15 is 0 Å². The standard InChI is InChI=1S/C29H36N6O7/c1-17(36)33-24(15-19-16-32-22-7-4-3-6-21(19)22)27(39)34-23(8-5-13-31-29(30)41)26(38)35-25(28(40)42-2)14-18-9-11-20(37)12-10-18/h3-4,6-7,9-12,16,23-25,32,37H,5,8,13-15H2,1-2H3,(H,33,36)(H,34,39)(H,35,38)(H3,30,31,41)/t23-,24-,25-/m0/s1. The first-order valence-electron chi connectivity index (χ1n) is 13.4. The number of esters is 1. The van der Waals surface area contributed by atoms with Gasteiger partial charge in [0.2, 0.25) is 17.7 Å². The lowest BCUT2D eigenvalue weighted by Gasteiger charge is -2.25. The van der Waals surface area contributed by atoms with E-state index in [4.69, 9.17) is 10.5 Å². The molecule has 8 N–H and O–H groups in total. The number of aromatic nitrogens is 1. The number of phenolic OH excluding ortho intramolecular Hbond substituents is 1. The summed E-state index contributed by atoms with van der Waals surface area (Å²) in [4.78, 5) is 65.7. The van der Waals surface area contributed by atoms with Gasteiger partial charge in [-0.05, 0) is 42.2 Å². The number of ether oxygens (including phenoxy) is 1. The Kier molecular flexibility index (Phi) is 11.3. The van der Waals surface area contributed by atoms with Crippen LogP contribution in [0.5, 0.6) is 5.75 Å². The lowest BCUT2D eigenvalue weighted by molar-refractivity contribution is -0.145. The van der Waals surface area contributed by atoms with Gasteiger partial charge in [0, 0.05) is 43.4 Å². The third-order valence-electron chi connectivity index (χ3n) is 6.57. The van der Waals surface area contributed by atoms with Crippen LogP contribution in [0.25, 0.3) is 10.9 Å². The number of hydrogen-bond acceptors (Lipinski definition) is 7. The maximum atomic E-state index is 13.5. The minimum atomic E-state index is -1.13. The molecule has 3 rings (SSSR count). The zero-order valence-electron chi connectivity index (χ0n) is 23.4. The minimum Gasteiger partial charge on any atom is -0.508 e. The van der Waals surface area contributed by atoms with E-state index in [0.29, 0.717) is 5.56 Å². The average Bonchev–Trinajstić information content (AvgIpc) is 3.36. The van der Waals surface area contributed by atoms with E-state index in [1.807, 2.05) is 24.3 Å². The van der Waals surface area contributed by atoms with Gasteiger partial charge in [-0.2, -0.15) is 0 Å². The number of fused-ring (bicyclic) bond motifs is 1. The molecule has 0 fully saturated rings. The Bertz CT molecular complexity index is 1400. The van der Waals surface area contributed by atoms with E-state index < -0.39 is 47.8 Å². The van der Waals surface area contributed by atoms with Gasteiger partial charge in [-0.3, -0.25) is 14.4 Å². The first-order valence-corrected chi connectivity index (χ1v) is 13.4. The summed E-state index contributed by atoms with van der Waals surface area (Å²) in [5, 5.41) is 20.9. The number of aromatic amines is 1. The monoisotopic (exact) mass is 580 g/mol. The van der Waals surface area contributed by atoms with E-state index in [1.165, 1.54) is 26.2 Å².